The second-order valence-electron chi connectivity index (χ2n) is 2.06. The average molecular weight is 153 g/mol. The number of hydrogen-bond acceptors (Lipinski definition) is 2. The van der Waals surface area contributed by atoms with Gasteiger partial charge in [0.2, 0.25) is 0 Å². The van der Waals surface area contributed by atoms with E-state index >= 15 is 0 Å². The van der Waals surface area contributed by atoms with E-state index in [1.165, 1.54) is 0 Å². The lowest BCUT2D eigenvalue weighted by atomic mass is 10.2. The van der Waals surface area contributed by atoms with Gasteiger partial charge in [-0.15, -0.1) is 0 Å². The highest BCUT2D eigenvalue weighted by atomic mass is 16.5. The van der Waals surface area contributed by atoms with Crippen molar-refractivity contribution in [1.82, 2.24) is 0 Å². The maximum atomic E-state index is 10.9. The highest BCUT2D eigenvalue weighted by Crippen LogP contribution is 1.99. The fourth-order valence-corrected chi connectivity index (χ4v) is 0.723. The molecule has 0 aromatic heterocycles. The summed E-state index contributed by atoms with van der Waals surface area (Å²) < 4.78 is 24.9. The summed E-state index contributed by atoms with van der Waals surface area (Å²) in [6.45, 7) is -2.67. The summed E-state index contributed by atoms with van der Waals surface area (Å²) in [6.07, 6.45) is 0. The van der Waals surface area contributed by atoms with Crippen LogP contribution in [-0.2, 0) is 16.1 Å². The third-order valence-electron chi connectivity index (χ3n) is 1.21. The molecule has 0 bridgehead atoms. The molecule has 1 aromatic carbocycles. The smallest absolute Gasteiger partial charge is 0.302 e. The standard InChI is InChI=1S/C9H10O2/c1-8(10)11-7-9-5-3-2-4-6-9/h2-6H,7H2,1H3/i1D3. The molecule has 1 rings (SSSR count). The van der Waals surface area contributed by atoms with Crippen LogP contribution in [-0.4, -0.2) is 5.97 Å². The Morgan fingerprint density at radius 1 is 1.55 bits per heavy atom. The first-order chi connectivity index (χ1) is 6.50. The molecule has 1 aromatic rings. The average Bonchev–Trinajstić information content (AvgIpc) is 2.14. The Bertz CT molecular complexity index is 306. The molecular formula is C9H10O2. The van der Waals surface area contributed by atoms with Crippen molar-refractivity contribution in [3.63, 3.8) is 0 Å². The lowest BCUT2D eigenvalue weighted by Gasteiger charge is -1.99. The van der Waals surface area contributed by atoms with E-state index in [1.54, 1.807) is 24.3 Å². The molecule has 11 heavy (non-hydrogen) atoms. The Balaban J connectivity index is 2.46. The number of hydrogen-bond donors (Lipinski definition) is 0. The van der Waals surface area contributed by atoms with Gasteiger partial charge in [0, 0.05) is 11.0 Å². The SMILES string of the molecule is [2H]C([2H])([2H])C(=O)OCc1ccccc1. The molecule has 0 fully saturated rings. The molecule has 0 unspecified atom stereocenters. The van der Waals surface area contributed by atoms with E-state index in [1.807, 2.05) is 6.07 Å². The molecule has 0 atom stereocenters. The quantitative estimate of drug-likeness (QED) is 0.605. The number of carbonyl (C=O) groups excluding carboxylic acids is 1. The van der Waals surface area contributed by atoms with Crippen molar-refractivity contribution in [2.45, 2.75) is 13.5 Å². The summed E-state index contributed by atoms with van der Waals surface area (Å²) in [7, 11) is 0. The highest BCUT2D eigenvalue weighted by molar-refractivity contribution is 5.65. The molecule has 0 radical (unpaired) electrons. The van der Waals surface area contributed by atoms with Crippen molar-refractivity contribution >= 4 is 5.97 Å². The number of carbonyl (C=O) groups is 1. The Kier molecular flexibility index (Phi) is 1.55. The van der Waals surface area contributed by atoms with Gasteiger partial charge in [0.05, 0.1) is 0 Å². The Morgan fingerprint density at radius 2 is 2.27 bits per heavy atom. The van der Waals surface area contributed by atoms with Crippen LogP contribution in [0.4, 0.5) is 0 Å². The van der Waals surface area contributed by atoms with E-state index in [4.69, 9.17) is 4.11 Å². The molecule has 0 aliphatic rings. The minimum absolute atomic E-state index is 0.00192. The van der Waals surface area contributed by atoms with Crippen molar-refractivity contribution < 1.29 is 13.6 Å². The van der Waals surface area contributed by atoms with Crippen LogP contribution in [0.2, 0.25) is 0 Å². The summed E-state index contributed by atoms with van der Waals surface area (Å²) in [4.78, 5) is 10.9. The third kappa shape index (κ3) is 2.85. The van der Waals surface area contributed by atoms with Crippen LogP contribution >= 0.6 is 0 Å². The van der Waals surface area contributed by atoms with Crippen LogP contribution in [0.15, 0.2) is 30.3 Å². The predicted molar refractivity (Wildman–Crippen MR) is 41.9 cm³/mol. The van der Waals surface area contributed by atoms with E-state index < -0.39 is 12.8 Å². The van der Waals surface area contributed by atoms with Gasteiger partial charge in [-0.25, -0.2) is 0 Å². The highest BCUT2D eigenvalue weighted by Gasteiger charge is 1.93. The van der Waals surface area contributed by atoms with Gasteiger partial charge in [-0.1, -0.05) is 30.3 Å². The zero-order chi connectivity index (χ0) is 10.6. The van der Waals surface area contributed by atoms with Crippen LogP contribution in [0.25, 0.3) is 0 Å². The lowest BCUT2D eigenvalue weighted by molar-refractivity contribution is -0.142. The molecule has 0 saturated carbocycles. The van der Waals surface area contributed by atoms with Gasteiger partial charge >= 0.3 is 5.97 Å². The van der Waals surface area contributed by atoms with E-state index in [2.05, 4.69) is 4.74 Å². The summed E-state index contributed by atoms with van der Waals surface area (Å²) in [6, 6.07) is 8.92. The van der Waals surface area contributed by atoms with E-state index in [-0.39, 0.29) is 6.61 Å². The van der Waals surface area contributed by atoms with Crippen molar-refractivity contribution in [3.05, 3.63) is 35.9 Å². The van der Waals surface area contributed by atoms with E-state index in [0.717, 1.165) is 5.56 Å². The molecule has 0 heterocycles. The molecule has 0 aliphatic carbocycles. The third-order valence-corrected chi connectivity index (χ3v) is 1.21. The first-order valence-corrected chi connectivity index (χ1v) is 3.21. The minimum atomic E-state index is -2.67. The van der Waals surface area contributed by atoms with Gasteiger partial charge < -0.3 is 4.74 Å². The summed E-state index contributed by atoms with van der Waals surface area (Å²) in [5, 5.41) is 0. The molecule has 0 N–H and O–H groups in total. The van der Waals surface area contributed by atoms with Crippen LogP contribution < -0.4 is 0 Å². The number of ether oxygens (including phenoxy) is 1. The minimum Gasteiger partial charge on any atom is -0.461 e. The molecule has 0 aliphatic heterocycles. The predicted octanol–water partition coefficient (Wildman–Crippen LogP) is 1.75. The van der Waals surface area contributed by atoms with Gasteiger partial charge in [0.1, 0.15) is 6.61 Å². The fraction of sp³-hybridized carbons (Fsp3) is 0.222. The van der Waals surface area contributed by atoms with Gasteiger partial charge in [-0.2, -0.15) is 0 Å². The lowest BCUT2D eigenvalue weighted by Crippen LogP contribution is -1.97. The van der Waals surface area contributed by atoms with Gasteiger partial charge in [-0.3, -0.25) is 4.79 Å². The van der Waals surface area contributed by atoms with Crippen molar-refractivity contribution in [2.75, 3.05) is 0 Å². The Labute approximate surface area is 70.0 Å². The van der Waals surface area contributed by atoms with Gasteiger partial charge in [0.25, 0.3) is 0 Å². The Morgan fingerprint density at radius 3 is 2.91 bits per heavy atom. The maximum absolute atomic E-state index is 10.9. The molecule has 2 heteroatoms. The molecule has 0 amide bonds. The molecular weight excluding hydrogens is 140 g/mol. The zero-order valence-corrected chi connectivity index (χ0v) is 5.91. The first kappa shape index (κ1) is 4.54. The summed E-state index contributed by atoms with van der Waals surface area (Å²) >= 11 is 0. The number of esters is 1. The van der Waals surface area contributed by atoms with Crippen LogP contribution in [0, 0.1) is 0 Å². The van der Waals surface area contributed by atoms with Crippen LogP contribution in [0.3, 0.4) is 0 Å². The van der Waals surface area contributed by atoms with Crippen molar-refractivity contribution in [2.24, 2.45) is 0 Å². The monoisotopic (exact) mass is 153 g/mol. The van der Waals surface area contributed by atoms with Gasteiger partial charge in [-0.05, 0) is 5.56 Å². The Hall–Kier alpha value is -1.31. The van der Waals surface area contributed by atoms with E-state index in [9.17, 15) is 4.79 Å². The zero-order valence-electron chi connectivity index (χ0n) is 8.91. The van der Waals surface area contributed by atoms with Gasteiger partial charge in [0.15, 0.2) is 0 Å². The molecule has 0 saturated heterocycles. The van der Waals surface area contributed by atoms with Crippen molar-refractivity contribution in [3.8, 4) is 0 Å². The normalized spacial score (nSPS) is 14.4. The number of benzene rings is 1. The summed E-state index contributed by atoms with van der Waals surface area (Å²) in [5.74, 6) is -1.17. The molecule has 0 spiro atoms. The fourth-order valence-electron chi connectivity index (χ4n) is 0.723. The van der Waals surface area contributed by atoms with Crippen LogP contribution in [0.1, 0.15) is 16.5 Å². The summed E-state index contributed by atoms with van der Waals surface area (Å²) in [5.41, 5.74) is 0.769. The maximum Gasteiger partial charge on any atom is 0.302 e. The topological polar surface area (TPSA) is 26.3 Å². The second-order valence-corrected chi connectivity index (χ2v) is 2.06. The molecule has 58 valence electrons. The largest absolute Gasteiger partial charge is 0.461 e. The number of rotatable bonds is 2. The van der Waals surface area contributed by atoms with Crippen LogP contribution in [0.5, 0.6) is 0 Å². The molecule has 2 nitrogen and oxygen atoms in total. The first-order valence-electron chi connectivity index (χ1n) is 4.71. The van der Waals surface area contributed by atoms with E-state index in [0.29, 0.717) is 0 Å². The second kappa shape index (κ2) is 3.76. The van der Waals surface area contributed by atoms with Crippen molar-refractivity contribution in [1.29, 1.82) is 0 Å².